The molecular weight excluding hydrogens is 268 g/mol. The number of benzene rings is 2. The minimum atomic E-state index is 0.453. The first-order valence-corrected chi connectivity index (χ1v) is 7.13. The zero-order chi connectivity index (χ0) is 14.3. The second-order valence-corrected chi connectivity index (χ2v) is 4.64. The summed E-state index contributed by atoms with van der Waals surface area (Å²) in [5, 5.41) is 0. The van der Waals surface area contributed by atoms with Gasteiger partial charge in [-0.05, 0) is 24.3 Å². The molecule has 1 aliphatic heterocycles. The molecule has 0 amide bonds. The van der Waals surface area contributed by atoms with Gasteiger partial charge in [0.25, 0.3) is 0 Å². The Hall–Kier alpha value is -2.36. The maximum Gasteiger partial charge on any atom is 0.161 e. The Kier molecular flexibility index (Phi) is 4.46. The predicted octanol–water partition coefficient (Wildman–Crippen LogP) is 3.31. The fourth-order valence-corrected chi connectivity index (χ4v) is 2.10. The first kappa shape index (κ1) is 13.6. The summed E-state index contributed by atoms with van der Waals surface area (Å²) in [5.41, 5.74) is 0. The summed E-state index contributed by atoms with van der Waals surface area (Å²) in [7, 11) is 0. The molecule has 0 spiro atoms. The Balaban J connectivity index is 1.73. The molecule has 0 aromatic heterocycles. The van der Waals surface area contributed by atoms with Crippen LogP contribution in [0.3, 0.4) is 0 Å². The molecule has 2 aromatic rings. The van der Waals surface area contributed by atoms with E-state index in [1.54, 1.807) is 0 Å². The van der Waals surface area contributed by atoms with Crippen LogP contribution in [0.1, 0.15) is 6.42 Å². The van der Waals surface area contributed by atoms with Crippen LogP contribution in [0.5, 0.6) is 23.0 Å². The van der Waals surface area contributed by atoms with Crippen molar-refractivity contribution in [1.82, 2.24) is 0 Å². The summed E-state index contributed by atoms with van der Waals surface area (Å²) >= 11 is 0. The molecule has 0 saturated heterocycles. The van der Waals surface area contributed by atoms with Crippen LogP contribution in [0.4, 0.5) is 0 Å². The van der Waals surface area contributed by atoms with Gasteiger partial charge in [-0.2, -0.15) is 0 Å². The Bertz CT molecular complexity index is 531. The van der Waals surface area contributed by atoms with Crippen molar-refractivity contribution in [3.8, 4) is 23.0 Å². The van der Waals surface area contributed by atoms with Crippen molar-refractivity contribution in [2.75, 3.05) is 26.4 Å². The molecule has 0 atom stereocenters. The van der Waals surface area contributed by atoms with Crippen LogP contribution in [0.15, 0.2) is 48.5 Å². The van der Waals surface area contributed by atoms with Gasteiger partial charge in [-0.15, -0.1) is 0 Å². The van der Waals surface area contributed by atoms with Crippen LogP contribution in [-0.2, 0) is 0 Å². The zero-order valence-electron chi connectivity index (χ0n) is 11.8. The van der Waals surface area contributed by atoms with Gasteiger partial charge < -0.3 is 18.9 Å². The molecule has 3 rings (SSSR count). The van der Waals surface area contributed by atoms with Crippen LogP contribution in [-0.4, -0.2) is 26.4 Å². The minimum absolute atomic E-state index is 0.453. The highest BCUT2D eigenvalue weighted by atomic mass is 16.6. The number of hydrogen-bond acceptors (Lipinski definition) is 4. The summed E-state index contributed by atoms with van der Waals surface area (Å²) in [4.78, 5) is 0. The summed E-state index contributed by atoms with van der Waals surface area (Å²) in [6.07, 6.45) is 0.794. The fraction of sp³-hybridized carbons (Fsp3) is 0.294. The lowest BCUT2D eigenvalue weighted by molar-refractivity contribution is 0.206. The standard InChI is InChI=1S/C17H18O4/c1-3-8-16-14(6-1)18-10-5-11-19-15-7-2-4-9-17(15)21-13-12-20-16/h1-4,6-9H,5,10-13H2. The number of ether oxygens (including phenoxy) is 4. The van der Waals surface area contributed by atoms with Crippen LogP contribution in [0.2, 0.25) is 0 Å². The number of para-hydroxylation sites is 4. The van der Waals surface area contributed by atoms with E-state index in [0.29, 0.717) is 26.4 Å². The van der Waals surface area contributed by atoms with E-state index >= 15 is 0 Å². The summed E-state index contributed by atoms with van der Waals surface area (Å²) in [6, 6.07) is 15.3. The third-order valence-electron chi connectivity index (χ3n) is 3.10. The van der Waals surface area contributed by atoms with Gasteiger partial charge in [-0.3, -0.25) is 0 Å². The van der Waals surface area contributed by atoms with Gasteiger partial charge in [0.1, 0.15) is 13.2 Å². The van der Waals surface area contributed by atoms with E-state index in [1.807, 2.05) is 48.5 Å². The molecule has 0 radical (unpaired) electrons. The molecule has 21 heavy (non-hydrogen) atoms. The minimum Gasteiger partial charge on any atom is -0.490 e. The van der Waals surface area contributed by atoms with Crippen molar-refractivity contribution in [3.63, 3.8) is 0 Å². The quantitative estimate of drug-likeness (QED) is 0.744. The molecule has 2 aromatic carbocycles. The molecule has 110 valence electrons. The Labute approximate surface area is 124 Å². The average Bonchev–Trinajstić information content (AvgIpc) is 2.54. The monoisotopic (exact) mass is 286 g/mol. The molecule has 1 aliphatic rings. The third kappa shape index (κ3) is 3.60. The Morgan fingerprint density at radius 2 is 0.810 bits per heavy atom. The third-order valence-corrected chi connectivity index (χ3v) is 3.10. The molecule has 1 heterocycles. The van der Waals surface area contributed by atoms with Crippen LogP contribution < -0.4 is 18.9 Å². The molecule has 0 unspecified atom stereocenters. The molecule has 4 nitrogen and oxygen atoms in total. The van der Waals surface area contributed by atoms with Gasteiger partial charge in [-0.1, -0.05) is 24.3 Å². The Morgan fingerprint density at radius 1 is 0.476 bits per heavy atom. The van der Waals surface area contributed by atoms with Crippen LogP contribution >= 0.6 is 0 Å². The van der Waals surface area contributed by atoms with E-state index in [4.69, 9.17) is 18.9 Å². The van der Waals surface area contributed by atoms with Crippen molar-refractivity contribution in [2.24, 2.45) is 0 Å². The van der Waals surface area contributed by atoms with Crippen molar-refractivity contribution in [1.29, 1.82) is 0 Å². The molecular formula is C17H18O4. The average molecular weight is 286 g/mol. The van der Waals surface area contributed by atoms with Crippen molar-refractivity contribution >= 4 is 0 Å². The molecule has 0 fully saturated rings. The number of fused-ring (bicyclic) bond motifs is 2. The number of hydrogen-bond donors (Lipinski definition) is 0. The van der Waals surface area contributed by atoms with Crippen molar-refractivity contribution in [3.05, 3.63) is 48.5 Å². The van der Waals surface area contributed by atoms with E-state index in [2.05, 4.69) is 0 Å². The van der Waals surface area contributed by atoms with Crippen LogP contribution in [0, 0.1) is 0 Å². The molecule has 0 bridgehead atoms. The first-order valence-electron chi connectivity index (χ1n) is 7.13. The molecule has 4 heteroatoms. The van der Waals surface area contributed by atoms with E-state index < -0.39 is 0 Å². The van der Waals surface area contributed by atoms with Gasteiger partial charge in [0.15, 0.2) is 23.0 Å². The normalized spacial score (nSPS) is 15.2. The predicted molar refractivity (Wildman–Crippen MR) is 79.5 cm³/mol. The molecule has 0 N–H and O–H groups in total. The van der Waals surface area contributed by atoms with Crippen molar-refractivity contribution < 1.29 is 18.9 Å². The molecule has 0 saturated carbocycles. The van der Waals surface area contributed by atoms with Gasteiger partial charge in [0.2, 0.25) is 0 Å². The topological polar surface area (TPSA) is 36.9 Å². The van der Waals surface area contributed by atoms with E-state index in [9.17, 15) is 0 Å². The smallest absolute Gasteiger partial charge is 0.161 e. The van der Waals surface area contributed by atoms with Gasteiger partial charge in [0.05, 0.1) is 13.2 Å². The fourth-order valence-electron chi connectivity index (χ4n) is 2.10. The second-order valence-electron chi connectivity index (χ2n) is 4.64. The maximum atomic E-state index is 5.74. The lowest BCUT2D eigenvalue weighted by Crippen LogP contribution is -2.10. The van der Waals surface area contributed by atoms with Gasteiger partial charge >= 0.3 is 0 Å². The highest BCUT2D eigenvalue weighted by Crippen LogP contribution is 2.28. The Morgan fingerprint density at radius 3 is 1.19 bits per heavy atom. The van der Waals surface area contributed by atoms with Crippen LogP contribution in [0.25, 0.3) is 0 Å². The lowest BCUT2D eigenvalue weighted by atomic mass is 10.3. The van der Waals surface area contributed by atoms with Gasteiger partial charge in [-0.25, -0.2) is 0 Å². The lowest BCUT2D eigenvalue weighted by Gasteiger charge is -2.12. The van der Waals surface area contributed by atoms with E-state index in [1.165, 1.54) is 0 Å². The summed E-state index contributed by atoms with van der Waals surface area (Å²) < 4.78 is 22.9. The summed E-state index contributed by atoms with van der Waals surface area (Å²) in [6.45, 7) is 2.08. The van der Waals surface area contributed by atoms with E-state index in [-0.39, 0.29) is 0 Å². The number of rotatable bonds is 0. The zero-order valence-corrected chi connectivity index (χ0v) is 11.8. The maximum absolute atomic E-state index is 5.74. The van der Waals surface area contributed by atoms with E-state index in [0.717, 1.165) is 29.4 Å². The highest BCUT2D eigenvalue weighted by molar-refractivity contribution is 5.40. The summed E-state index contributed by atoms with van der Waals surface area (Å²) in [5.74, 6) is 3.01. The highest BCUT2D eigenvalue weighted by Gasteiger charge is 2.08. The second kappa shape index (κ2) is 6.88. The SMILES string of the molecule is c1ccc2c(c1)OCCCOc1ccccc1OCCO2. The molecule has 0 aliphatic carbocycles. The van der Waals surface area contributed by atoms with Crippen molar-refractivity contribution in [2.45, 2.75) is 6.42 Å². The van der Waals surface area contributed by atoms with Gasteiger partial charge in [0, 0.05) is 6.42 Å². The largest absolute Gasteiger partial charge is 0.490 e. The first-order chi connectivity index (χ1) is 10.4.